The molecular formula is C16H24FN3O. The first kappa shape index (κ1) is 15.8. The summed E-state index contributed by atoms with van der Waals surface area (Å²) in [5.41, 5.74) is 1.16. The van der Waals surface area contributed by atoms with Crippen LogP contribution in [0.1, 0.15) is 31.4 Å². The van der Waals surface area contributed by atoms with Gasteiger partial charge in [0.25, 0.3) is 0 Å². The highest BCUT2D eigenvalue weighted by atomic mass is 19.1. The summed E-state index contributed by atoms with van der Waals surface area (Å²) in [6.07, 6.45) is 2.13. The molecule has 1 aliphatic heterocycles. The van der Waals surface area contributed by atoms with Gasteiger partial charge in [-0.2, -0.15) is 0 Å². The topological polar surface area (TPSA) is 35.6 Å². The number of halogens is 1. The molecule has 4 nitrogen and oxygen atoms in total. The van der Waals surface area contributed by atoms with E-state index in [-0.39, 0.29) is 11.8 Å². The molecule has 116 valence electrons. The highest BCUT2D eigenvalue weighted by Crippen LogP contribution is 2.27. The molecule has 1 saturated heterocycles. The van der Waals surface area contributed by atoms with Crippen molar-refractivity contribution in [3.05, 3.63) is 35.6 Å². The number of urea groups is 1. The minimum Gasteiger partial charge on any atom is -0.341 e. The van der Waals surface area contributed by atoms with Gasteiger partial charge in [-0.3, -0.25) is 4.90 Å². The van der Waals surface area contributed by atoms with Crippen LogP contribution in [0.5, 0.6) is 0 Å². The Balaban J connectivity index is 2.03. The molecule has 2 amide bonds. The molecule has 5 heteroatoms. The minimum absolute atomic E-state index is 0.0107. The van der Waals surface area contributed by atoms with Crippen LogP contribution in [0.2, 0.25) is 0 Å². The third kappa shape index (κ3) is 3.94. The molecule has 0 saturated carbocycles. The maximum atomic E-state index is 13.1. The summed E-state index contributed by atoms with van der Waals surface area (Å²) in [6.45, 7) is 5.35. The van der Waals surface area contributed by atoms with Crippen molar-refractivity contribution in [2.45, 2.75) is 25.8 Å². The molecule has 1 unspecified atom stereocenters. The zero-order chi connectivity index (χ0) is 15.2. The molecule has 1 heterocycles. The van der Waals surface area contributed by atoms with E-state index in [4.69, 9.17) is 0 Å². The molecule has 1 aliphatic rings. The van der Waals surface area contributed by atoms with Gasteiger partial charge in [0.2, 0.25) is 0 Å². The van der Waals surface area contributed by atoms with Crippen molar-refractivity contribution in [2.24, 2.45) is 0 Å². The molecule has 1 fully saturated rings. The van der Waals surface area contributed by atoms with E-state index in [1.54, 1.807) is 7.05 Å². The summed E-state index contributed by atoms with van der Waals surface area (Å²) >= 11 is 0. The molecule has 0 bridgehead atoms. The monoisotopic (exact) mass is 293 g/mol. The number of nitrogens with one attached hydrogen (secondary N) is 1. The van der Waals surface area contributed by atoms with Crippen molar-refractivity contribution < 1.29 is 9.18 Å². The standard InChI is InChI=1S/C16H24FN3O/c1-3-4-15(13-5-7-14(17)8-6-13)19-9-11-20(12-10-19)16(21)18-2/h5-8,15H,3-4,9-12H2,1-2H3,(H,18,21). The first-order valence-electron chi connectivity index (χ1n) is 7.62. The van der Waals surface area contributed by atoms with Crippen LogP contribution in [0.4, 0.5) is 9.18 Å². The summed E-state index contributed by atoms with van der Waals surface area (Å²) in [5.74, 6) is -0.196. The lowest BCUT2D eigenvalue weighted by Crippen LogP contribution is -2.51. The maximum absolute atomic E-state index is 13.1. The van der Waals surface area contributed by atoms with Crippen LogP contribution in [0.15, 0.2) is 24.3 Å². The van der Waals surface area contributed by atoms with Gasteiger partial charge in [0, 0.05) is 39.3 Å². The number of rotatable bonds is 4. The Morgan fingerprint density at radius 2 is 1.86 bits per heavy atom. The van der Waals surface area contributed by atoms with Crippen molar-refractivity contribution >= 4 is 6.03 Å². The minimum atomic E-state index is -0.196. The number of nitrogens with zero attached hydrogens (tertiary/aromatic N) is 2. The van der Waals surface area contributed by atoms with Gasteiger partial charge < -0.3 is 10.2 Å². The van der Waals surface area contributed by atoms with E-state index >= 15 is 0 Å². The third-order valence-corrected chi connectivity index (χ3v) is 4.07. The average molecular weight is 293 g/mol. The SMILES string of the molecule is CCCC(c1ccc(F)cc1)N1CCN(C(=O)NC)CC1. The molecule has 0 spiro atoms. The number of benzene rings is 1. The van der Waals surface area contributed by atoms with E-state index in [0.717, 1.165) is 44.6 Å². The zero-order valence-corrected chi connectivity index (χ0v) is 12.8. The number of hydrogen-bond acceptors (Lipinski definition) is 2. The molecule has 1 N–H and O–H groups in total. The third-order valence-electron chi connectivity index (χ3n) is 4.07. The average Bonchev–Trinajstić information content (AvgIpc) is 2.53. The number of hydrogen-bond donors (Lipinski definition) is 1. The van der Waals surface area contributed by atoms with E-state index in [0.29, 0.717) is 6.04 Å². The Morgan fingerprint density at radius 1 is 1.24 bits per heavy atom. The van der Waals surface area contributed by atoms with Crippen molar-refractivity contribution in [3.8, 4) is 0 Å². The largest absolute Gasteiger partial charge is 0.341 e. The van der Waals surface area contributed by atoms with Gasteiger partial charge in [-0.1, -0.05) is 25.5 Å². The van der Waals surface area contributed by atoms with E-state index in [2.05, 4.69) is 17.1 Å². The Morgan fingerprint density at radius 3 is 2.38 bits per heavy atom. The van der Waals surface area contributed by atoms with Crippen molar-refractivity contribution in [2.75, 3.05) is 33.2 Å². The van der Waals surface area contributed by atoms with Gasteiger partial charge >= 0.3 is 6.03 Å². The molecule has 1 aromatic carbocycles. The molecule has 2 rings (SSSR count). The smallest absolute Gasteiger partial charge is 0.317 e. The fraction of sp³-hybridized carbons (Fsp3) is 0.562. The van der Waals surface area contributed by atoms with E-state index in [1.165, 1.54) is 12.1 Å². The summed E-state index contributed by atoms with van der Waals surface area (Å²) in [4.78, 5) is 15.9. The lowest BCUT2D eigenvalue weighted by molar-refractivity contribution is 0.104. The first-order valence-corrected chi connectivity index (χ1v) is 7.62. The van der Waals surface area contributed by atoms with Gasteiger partial charge in [0.05, 0.1) is 0 Å². The zero-order valence-electron chi connectivity index (χ0n) is 12.8. The van der Waals surface area contributed by atoms with Crippen molar-refractivity contribution in [3.63, 3.8) is 0 Å². The molecule has 21 heavy (non-hydrogen) atoms. The van der Waals surface area contributed by atoms with Crippen LogP contribution in [0, 0.1) is 5.82 Å². The molecule has 0 radical (unpaired) electrons. The molecule has 1 aromatic rings. The maximum Gasteiger partial charge on any atom is 0.317 e. The summed E-state index contributed by atoms with van der Waals surface area (Å²) in [5, 5.41) is 2.67. The Bertz CT molecular complexity index is 455. The van der Waals surface area contributed by atoms with Gasteiger partial charge in [-0.05, 0) is 24.1 Å². The van der Waals surface area contributed by atoms with E-state index in [1.807, 2.05) is 17.0 Å². The predicted octanol–water partition coefficient (Wildman–Crippen LogP) is 2.62. The lowest BCUT2D eigenvalue weighted by Gasteiger charge is -2.39. The highest BCUT2D eigenvalue weighted by Gasteiger charge is 2.26. The second-order valence-electron chi connectivity index (χ2n) is 5.43. The van der Waals surface area contributed by atoms with Crippen LogP contribution in [-0.4, -0.2) is 49.1 Å². The lowest BCUT2D eigenvalue weighted by atomic mass is 10.00. The summed E-state index contributed by atoms with van der Waals surface area (Å²) in [6, 6.07) is 7.10. The fourth-order valence-electron chi connectivity index (χ4n) is 2.91. The van der Waals surface area contributed by atoms with Gasteiger partial charge in [0.15, 0.2) is 0 Å². The predicted molar refractivity (Wildman–Crippen MR) is 81.7 cm³/mol. The number of carbonyl (C=O) groups excluding carboxylic acids is 1. The van der Waals surface area contributed by atoms with Crippen molar-refractivity contribution in [1.29, 1.82) is 0 Å². The van der Waals surface area contributed by atoms with Crippen LogP contribution in [0.3, 0.4) is 0 Å². The number of carbonyl (C=O) groups is 1. The van der Waals surface area contributed by atoms with Gasteiger partial charge in [-0.25, -0.2) is 9.18 Å². The van der Waals surface area contributed by atoms with E-state index in [9.17, 15) is 9.18 Å². The molecule has 0 aromatic heterocycles. The van der Waals surface area contributed by atoms with Crippen LogP contribution >= 0.6 is 0 Å². The fourth-order valence-corrected chi connectivity index (χ4v) is 2.91. The van der Waals surface area contributed by atoms with E-state index < -0.39 is 0 Å². The van der Waals surface area contributed by atoms with Crippen LogP contribution < -0.4 is 5.32 Å². The second-order valence-corrected chi connectivity index (χ2v) is 5.43. The molecule has 0 aliphatic carbocycles. The number of amides is 2. The van der Waals surface area contributed by atoms with Crippen molar-refractivity contribution in [1.82, 2.24) is 15.1 Å². The quantitative estimate of drug-likeness (QED) is 0.926. The van der Waals surface area contributed by atoms with Crippen LogP contribution in [-0.2, 0) is 0 Å². The summed E-state index contributed by atoms with van der Waals surface area (Å²) < 4.78 is 13.1. The Kier molecular flexibility index (Phi) is 5.56. The normalized spacial score (nSPS) is 17.6. The Hall–Kier alpha value is -1.62. The van der Waals surface area contributed by atoms with Gasteiger partial charge in [0.1, 0.15) is 5.82 Å². The molecule has 1 atom stereocenters. The highest BCUT2D eigenvalue weighted by molar-refractivity contribution is 5.73. The van der Waals surface area contributed by atoms with Gasteiger partial charge in [-0.15, -0.1) is 0 Å². The molecular weight excluding hydrogens is 269 g/mol. The Labute approximate surface area is 125 Å². The van der Waals surface area contributed by atoms with Crippen LogP contribution in [0.25, 0.3) is 0 Å². The summed E-state index contributed by atoms with van der Waals surface area (Å²) in [7, 11) is 1.66. The first-order chi connectivity index (χ1) is 10.2. The number of piperazine rings is 1. The second kappa shape index (κ2) is 7.41.